The molecule has 3 atom stereocenters. The van der Waals surface area contributed by atoms with Gasteiger partial charge in [-0.1, -0.05) is 124 Å². The number of rotatable bonds is 24. The number of phenols is 1. The van der Waals surface area contributed by atoms with E-state index >= 15 is 0 Å². The molecule has 0 spiro atoms. The van der Waals surface area contributed by atoms with Crippen LogP contribution in [0.1, 0.15) is 96.7 Å². The first kappa shape index (κ1) is 76.4. The maximum Gasteiger partial charge on any atom is 0.165 e. The summed E-state index contributed by atoms with van der Waals surface area (Å²) in [6, 6.07) is 41.3. The van der Waals surface area contributed by atoms with E-state index in [0.29, 0.717) is 80.7 Å². The lowest BCUT2D eigenvalue weighted by molar-refractivity contribution is 0.00655. The van der Waals surface area contributed by atoms with Crippen molar-refractivity contribution < 1.29 is 56.2 Å². The van der Waals surface area contributed by atoms with Crippen LogP contribution in [0.4, 0.5) is 17.6 Å². The number of nitrogens with two attached hydrogens (primary N) is 1. The van der Waals surface area contributed by atoms with Crippen molar-refractivity contribution in [1.29, 1.82) is 0 Å². The Morgan fingerprint density at radius 2 is 0.893 bits per heavy atom. The van der Waals surface area contributed by atoms with Crippen molar-refractivity contribution in [2.45, 2.75) is 135 Å². The van der Waals surface area contributed by atoms with Crippen LogP contribution < -0.4 is 19.9 Å². The molecular weight excluding hydrogens is 1430 g/mol. The zero-order valence-electron chi connectivity index (χ0n) is 57.6. The maximum absolute atomic E-state index is 14.8. The molecule has 3 fully saturated rings. The van der Waals surface area contributed by atoms with E-state index in [1.807, 2.05) is 103 Å². The van der Waals surface area contributed by atoms with Crippen molar-refractivity contribution in [1.82, 2.24) is 19.1 Å². The van der Waals surface area contributed by atoms with Crippen LogP contribution in [-0.4, -0.2) is 98.1 Å². The number of benzene rings is 7. The number of nitrogens with one attached hydrogen (secondary N) is 2. The zero-order valence-corrected chi connectivity index (χ0v) is 59.8. The number of hydrogen-bond acceptors (Lipinski definition) is 11. The fourth-order valence-electron chi connectivity index (χ4n) is 13.0. The highest BCUT2D eigenvalue weighted by Crippen LogP contribution is 2.38. The number of aromatic amines is 2. The van der Waals surface area contributed by atoms with Gasteiger partial charge in [0.25, 0.3) is 0 Å². The van der Waals surface area contributed by atoms with E-state index in [-0.39, 0.29) is 55.0 Å². The number of nitrogens with zero attached hydrogens (tertiary/aromatic N) is 8. The molecule has 0 bridgehead atoms. The van der Waals surface area contributed by atoms with Gasteiger partial charge in [0.1, 0.15) is 19.8 Å². The van der Waals surface area contributed by atoms with Crippen LogP contribution in [-0.2, 0) is 72.8 Å². The first-order chi connectivity index (χ1) is 50.5. The zero-order chi connectivity index (χ0) is 72.1. The molecule has 3 unspecified atom stereocenters. The third-order valence-electron chi connectivity index (χ3n) is 18.1. The first-order valence-electron chi connectivity index (χ1n) is 35.1. The number of phenolic OH excluding ortho intramolecular Hbond substituents is 1. The minimum absolute atomic E-state index is 0.0155. The van der Waals surface area contributed by atoms with Crippen molar-refractivity contribution in [3.05, 3.63) is 247 Å². The van der Waals surface area contributed by atoms with Crippen LogP contribution >= 0.6 is 22.6 Å². The number of aliphatic hydroxyl groups is 1. The highest BCUT2D eigenvalue weighted by molar-refractivity contribution is 14.1. The molecule has 103 heavy (non-hydrogen) atoms. The fraction of sp³-hybridized carbons (Fsp3) is 0.367. The number of azide groups is 2. The van der Waals surface area contributed by atoms with Crippen LogP contribution in [0.25, 0.3) is 64.5 Å². The van der Waals surface area contributed by atoms with Gasteiger partial charge in [0.15, 0.2) is 46.3 Å². The Bertz CT molecular complexity index is 4550. The molecule has 0 aliphatic carbocycles. The molecule has 3 aliphatic rings. The lowest BCUT2D eigenvalue weighted by Gasteiger charge is -2.23. The smallest absolute Gasteiger partial charge is 0.165 e. The second kappa shape index (κ2) is 40.0. The summed E-state index contributed by atoms with van der Waals surface area (Å²) in [6.45, 7) is 6.01. The van der Waals surface area contributed by atoms with Gasteiger partial charge in [-0.2, -0.15) is 0 Å². The SMILES string of the molecule is ICC1CCCCO1.NCCc1cn(CC2CCCCO2)c2ccc(F)c(O)c12.OCCc1c[nH]c2ccc(F)c(OCc3ccccc3)c12.[N-]=[N+]=NCCc1c[nH]c2ccc(F)c(OCc3ccccc3)c12.[N-]=[N+]=NCCc1cn(CC2CCCCO2)c2ccc(F)c(OCc3ccccc3)c12. The van der Waals surface area contributed by atoms with Crippen LogP contribution in [0.3, 0.4) is 0 Å². The molecule has 3 aliphatic heterocycles. The van der Waals surface area contributed by atoms with Crippen LogP contribution in [0.15, 0.2) is 175 Å². The van der Waals surface area contributed by atoms with Crippen molar-refractivity contribution in [3.63, 3.8) is 0 Å². The van der Waals surface area contributed by atoms with E-state index in [2.05, 4.69) is 61.7 Å². The van der Waals surface area contributed by atoms with Crippen molar-refractivity contribution in [3.8, 4) is 23.0 Å². The van der Waals surface area contributed by atoms with Gasteiger partial charge in [0, 0.05) is 124 Å². The third-order valence-corrected chi connectivity index (χ3v) is 19.1. The molecule has 0 saturated carbocycles. The van der Waals surface area contributed by atoms with E-state index in [1.165, 1.54) is 49.9 Å². The fourth-order valence-corrected chi connectivity index (χ4v) is 13.7. The molecule has 24 heteroatoms. The number of hydrogen-bond donors (Lipinski definition) is 5. The van der Waals surface area contributed by atoms with E-state index in [0.717, 1.165) is 129 Å². The Morgan fingerprint density at radius 3 is 1.30 bits per heavy atom. The summed E-state index contributed by atoms with van der Waals surface area (Å²) in [5.41, 5.74) is 32.4. The molecule has 14 rings (SSSR count). The molecule has 0 amide bonds. The standard InChI is InChI=1S/C23H25FN4O2.C17H15FN4O.C17H16FNO2.C16H21FN2O2.C6H11IO/c24-20-9-10-21-22(23(20)30-16-17-6-2-1-3-7-17)18(11-12-26-27-25)14-28(21)15-19-8-4-5-13-29-19;18-14-6-7-15-16(13(10-20-15)8-9-21-22-19)17(14)23-11-12-4-2-1-3-5-12;18-14-6-7-15-16(13(8-9-20)10-19-15)17(14)21-11-12-4-2-1-3-5-12;17-13-4-5-14-15(16(13)20)11(6-7-18)9-19(14)10-12-3-1-2-8-21-12;7-5-6-3-1-2-4-8-6/h1-3,6-7,9-10,14,19H,4-5,8,11-13,15-16H2;1-7,10,20H,8-9,11H2;1-7,10,19-20H,8-9,11H2;4-5,9,12,20H,1-3,6-8,10,18H2;6H,1-5H2. The average Bonchev–Trinajstić information content (AvgIpc) is 1.65. The highest BCUT2D eigenvalue weighted by atomic mass is 127. The predicted octanol–water partition coefficient (Wildman–Crippen LogP) is 18.5. The number of aromatic hydroxyl groups is 1. The number of fused-ring (bicyclic) bond motifs is 4. The van der Waals surface area contributed by atoms with Crippen LogP contribution in [0, 0.1) is 23.3 Å². The van der Waals surface area contributed by atoms with Crippen LogP contribution in [0.5, 0.6) is 23.0 Å². The van der Waals surface area contributed by atoms with Crippen molar-refractivity contribution in [2.24, 2.45) is 16.0 Å². The lowest BCUT2D eigenvalue weighted by atomic mass is 10.1. The van der Waals surface area contributed by atoms with Gasteiger partial charge in [-0.3, -0.25) is 0 Å². The normalized spacial score (nSPS) is 15.6. The lowest BCUT2D eigenvalue weighted by Crippen LogP contribution is -2.24. The van der Waals surface area contributed by atoms with Gasteiger partial charge >= 0.3 is 0 Å². The van der Waals surface area contributed by atoms with E-state index < -0.39 is 23.3 Å². The van der Waals surface area contributed by atoms with E-state index in [1.54, 1.807) is 36.7 Å². The molecule has 19 nitrogen and oxygen atoms in total. The average molecular weight is 1520 g/mol. The number of alkyl halides is 1. The summed E-state index contributed by atoms with van der Waals surface area (Å²) in [7, 11) is 0. The largest absolute Gasteiger partial charge is 0.504 e. The minimum atomic E-state index is -0.590. The van der Waals surface area contributed by atoms with Gasteiger partial charge in [-0.15, -0.1) is 0 Å². The highest BCUT2D eigenvalue weighted by Gasteiger charge is 2.24. The summed E-state index contributed by atoms with van der Waals surface area (Å²) in [6.07, 6.45) is 21.1. The van der Waals surface area contributed by atoms with Gasteiger partial charge in [0.05, 0.1) is 29.3 Å². The molecule has 4 aromatic heterocycles. The monoisotopic (exact) mass is 1520 g/mol. The Kier molecular flexibility index (Phi) is 29.7. The second-order valence-electron chi connectivity index (χ2n) is 25.3. The number of H-pyrrole nitrogens is 2. The predicted molar refractivity (Wildman–Crippen MR) is 403 cm³/mol. The van der Waals surface area contributed by atoms with E-state index in [9.17, 15) is 22.7 Å². The van der Waals surface area contributed by atoms with Crippen molar-refractivity contribution in [2.75, 3.05) is 50.5 Å². The molecule has 0 radical (unpaired) electrons. The first-order valence-corrected chi connectivity index (χ1v) is 36.6. The molecule has 542 valence electrons. The summed E-state index contributed by atoms with van der Waals surface area (Å²) in [4.78, 5) is 11.8. The van der Waals surface area contributed by atoms with E-state index in [4.69, 9.17) is 50.3 Å². The van der Waals surface area contributed by atoms with Gasteiger partial charge in [-0.05, 0) is 189 Å². The molecule has 7 heterocycles. The number of halogens is 5. The van der Waals surface area contributed by atoms with Gasteiger partial charge in [-0.25, -0.2) is 17.6 Å². The summed E-state index contributed by atoms with van der Waals surface area (Å²) < 4.78 is 96.6. The van der Waals surface area contributed by atoms with Crippen LogP contribution in [0.2, 0.25) is 0 Å². The topological polar surface area (TPSA) is 261 Å². The molecule has 11 aromatic rings. The maximum atomic E-state index is 14.8. The van der Waals surface area contributed by atoms with Crippen molar-refractivity contribution >= 4 is 66.2 Å². The Hall–Kier alpha value is -9.23. The molecular formula is C79H88F4IN11O8. The Labute approximate surface area is 609 Å². The quantitative estimate of drug-likeness (QED) is 0.00961. The summed E-state index contributed by atoms with van der Waals surface area (Å²) in [5, 5.41) is 29.1. The van der Waals surface area contributed by atoms with Gasteiger partial charge in [0.2, 0.25) is 0 Å². The second-order valence-corrected chi connectivity index (χ2v) is 26.1. The third kappa shape index (κ3) is 21.2. The number of aromatic nitrogens is 4. The Balaban J connectivity index is 0.000000144. The number of ether oxygens (including phenoxy) is 6. The Morgan fingerprint density at radius 1 is 0.495 bits per heavy atom. The summed E-state index contributed by atoms with van der Waals surface area (Å²) >= 11 is 2.38. The number of aliphatic hydroxyl groups excluding tert-OH is 1. The minimum Gasteiger partial charge on any atom is -0.504 e. The van der Waals surface area contributed by atoms with Gasteiger partial charge < -0.3 is 63.5 Å². The molecule has 7 aromatic carbocycles. The molecule has 6 N–H and O–H groups in total. The summed E-state index contributed by atoms with van der Waals surface area (Å²) in [5.74, 6) is -1.35. The molecule has 3 saturated heterocycles.